The molecule has 9 heteroatoms. The molecule has 2 rings (SSSR count). The van der Waals surface area contributed by atoms with Crippen molar-refractivity contribution in [2.75, 3.05) is 13.3 Å². The van der Waals surface area contributed by atoms with Gasteiger partial charge in [0.1, 0.15) is 0 Å². The van der Waals surface area contributed by atoms with Gasteiger partial charge in [-0.3, -0.25) is 25.0 Å². The summed E-state index contributed by atoms with van der Waals surface area (Å²) in [7, 11) is 1.55. The lowest BCUT2D eigenvalue weighted by atomic mass is 10.0. The number of nitrogens with zero attached hydrogens (tertiary/aromatic N) is 3. The maximum atomic E-state index is 12.7. The first-order chi connectivity index (χ1) is 12.2. The van der Waals surface area contributed by atoms with Gasteiger partial charge in [0.15, 0.2) is 0 Å². The first kappa shape index (κ1) is 19.4. The maximum Gasteiger partial charge on any atom is 0.279 e. The molecule has 0 aliphatic heterocycles. The van der Waals surface area contributed by atoms with E-state index in [2.05, 4.69) is 0 Å². The van der Waals surface area contributed by atoms with Crippen LogP contribution in [0.3, 0.4) is 0 Å². The normalized spacial score (nSPS) is 10.4. The molecule has 0 bridgehead atoms. The van der Waals surface area contributed by atoms with E-state index >= 15 is 0 Å². The summed E-state index contributed by atoms with van der Waals surface area (Å²) in [4.78, 5) is 35.9. The Bertz CT molecular complexity index is 867. The summed E-state index contributed by atoms with van der Waals surface area (Å²) in [6.45, 7) is 1.69. The second kappa shape index (κ2) is 7.96. The van der Waals surface area contributed by atoms with Crippen molar-refractivity contribution in [3.63, 3.8) is 0 Å². The summed E-state index contributed by atoms with van der Waals surface area (Å²) in [5.74, 6) is -0.511. The Morgan fingerprint density at radius 3 is 2.23 bits per heavy atom. The number of hydrogen-bond acceptors (Lipinski definition) is 6. The number of amides is 1. The molecule has 0 N–H and O–H groups in total. The minimum Gasteiger partial charge on any atom is -0.337 e. The van der Waals surface area contributed by atoms with Gasteiger partial charge in [0, 0.05) is 30.1 Å². The van der Waals surface area contributed by atoms with Crippen LogP contribution in [0.2, 0.25) is 0 Å². The molecule has 8 nitrogen and oxygen atoms in total. The van der Waals surface area contributed by atoms with E-state index in [1.54, 1.807) is 18.8 Å². The molecule has 0 aliphatic rings. The molecule has 0 saturated carbocycles. The van der Waals surface area contributed by atoms with E-state index in [-0.39, 0.29) is 17.7 Å². The molecule has 0 heterocycles. The summed E-state index contributed by atoms with van der Waals surface area (Å²) in [6.07, 6.45) is 1.96. The Balaban J connectivity index is 2.34. The van der Waals surface area contributed by atoms with Crippen LogP contribution < -0.4 is 0 Å². The Morgan fingerprint density at radius 2 is 1.73 bits per heavy atom. The molecule has 1 amide bonds. The van der Waals surface area contributed by atoms with Crippen LogP contribution in [-0.4, -0.2) is 34.0 Å². The van der Waals surface area contributed by atoms with E-state index in [0.717, 1.165) is 22.6 Å². The van der Waals surface area contributed by atoms with E-state index in [0.29, 0.717) is 0 Å². The Kier molecular flexibility index (Phi) is 5.93. The highest BCUT2D eigenvalue weighted by Crippen LogP contribution is 2.29. The van der Waals surface area contributed by atoms with E-state index in [9.17, 15) is 25.0 Å². The minimum atomic E-state index is -0.746. The van der Waals surface area contributed by atoms with Gasteiger partial charge in [-0.1, -0.05) is 12.1 Å². The van der Waals surface area contributed by atoms with Gasteiger partial charge in [0.05, 0.1) is 21.5 Å². The van der Waals surface area contributed by atoms with E-state index < -0.39 is 27.1 Å². The average Bonchev–Trinajstić information content (AvgIpc) is 2.61. The third-order valence-corrected chi connectivity index (χ3v) is 4.67. The standard InChI is InChI=1S/C17H17N3O5S/c1-11-15(8-13(19(22)23)9-16(11)20(24)25)17(21)18(2)10-12-4-6-14(26-3)7-5-12/h4-9H,10H2,1-3H3. The number of carbonyl (C=O) groups excluding carboxylic acids is 1. The fourth-order valence-electron chi connectivity index (χ4n) is 2.48. The van der Waals surface area contributed by atoms with Gasteiger partial charge in [-0.2, -0.15) is 0 Å². The number of non-ortho nitro benzene ring substituents is 1. The first-order valence-electron chi connectivity index (χ1n) is 7.56. The highest BCUT2D eigenvalue weighted by atomic mass is 32.2. The molecule has 136 valence electrons. The van der Waals surface area contributed by atoms with E-state index in [1.165, 1.54) is 11.8 Å². The lowest BCUT2D eigenvalue weighted by Gasteiger charge is -2.18. The molecule has 0 spiro atoms. The zero-order valence-electron chi connectivity index (χ0n) is 14.5. The number of nitro benzene ring substituents is 2. The minimum absolute atomic E-state index is 0.0471. The molecular weight excluding hydrogens is 358 g/mol. The summed E-state index contributed by atoms with van der Waals surface area (Å²) < 4.78 is 0. The Hall–Kier alpha value is -2.94. The van der Waals surface area contributed by atoms with Crippen LogP contribution in [0.25, 0.3) is 0 Å². The quantitative estimate of drug-likeness (QED) is 0.432. The predicted molar refractivity (Wildman–Crippen MR) is 98.5 cm³/mol. The van der Waals surface area contributed by atoms with Crippen molar-refractivity contribution in [2.24, 2.45) is 0 Å². The summed E-state index contributed by atoms with van der Waals surface area (Å²) >= 11 is 1.60. The van der Waals surface area contributed by atoms with Gasteiger partial charge >= 0.3 is 0 Å². The van der Waals surface area contributed by atoms with Crippen LogP contribution in [0.1, 0.15) is 21.5 Å². The third-order valence-electron chi connectivity index (χ3n) is 3.93. The second-order valence-corrected chi connectivity index (χ2v) is 6.54. The molecule has 2 aromatic carbocycles. The van der Waals surface area contributed by atoms with Crippen molar-refractivity contribution in [2.45, 2.75) is 18.4 Å². The fraction of sp³-hybridized carbons (Fsp3) is 0.235. The zero-order chi connectivity index (χ0) is 19.4. The summed E-state index contributed by atoms with van der Waals surface area (Å²) in [5, 5.41) is 22.2. The molecule has 0 radical (unpaired) electrons. The third kappa shape index (κ3) is 4.17. The molecule has 2 aromatic rings. The lowest BCUT2D eigenvalue weighted by molar-refractivity contribution is -0.394. The first-order valence-corrected chi connectivity index (χ1v) is 8.79. The van der Waals surface area contributed by atoms with Crippen LogP contribution in [0.15, 0.2) is 41.3 Å². The zero-order valence-corrected chi connectivity index (χ0v) is 15.3. The maximum absolute atomic E-state index is 12.7. The van der Waals surface area contributed by atoms with Crippen molar-refractivity contribution >= 4 is 29.0 Å². The molecule has 0 atom stereocenters. The molecule has 0 unspecified atom stereocenters. The number of hydrogen-bond donors (Lipinski definition) is 0. The van der Waals surface area contributed by atoms with Gasteiger partial charge in [-0.05, 0) is 30.9 Å². The van der Waals surface area contributed by atoms with Crippen LogP contribution >= 0.6 is 11.8 Å². The highest BCUT2D eigenvalue weighted by Gasteiger charge is 2.26. The number of nitro groups is 2. The molecular formula is C17H17N3O5S. The summed E-state index contributed by atoms with van der Waals surface area (Å²) in [5.41, 5.74) is 0.0178. The van der Waals surface area contributed by atoms with Crippen LogP contribution in [0.5, 0.6) is 0 Å². The summed E-state index contributed by atoms with van der Waals surface area (Å²) in [6, 6.07) is 9.59. The van der Waals surface area contributed by atoms with Gasteiger partial charge < -0.3 is 4.90 Å². The molecule has 0 fully saturated rings. The fourth-order valence-corrected chi connectivity index (χ4v) is 2.89. The van der Waals surface area contributed by atoms with E-state index in [4.69, 9.17) is 0 Å². The van der Waals surface area contributed by atoms with E-state index in [1.807, 2.05) is 30.5 Å². The largest absolute Gasteiger partial charge is 0.337 e. The molecule has 0 saturated heterocycles. The molecule has 26 heavy (non-hydrogen) atoms. The molecule has 0 aliphatic carbocycles. The highest BCUT2D eigenvalue weighted by molar-refractivity contribution is 7.98. The SMILES string of the molecule is CSc1ccc(CN(C)C(=O)c2cc([N+](=O)[O-])cc([N+](=O)[O-])c2C)cc1. The van der Waals surface area contributed by atoms with Gasteiger partial charge in [-0.15, -0.1) is 11.8 Å². The van der Waals surface area contributed by atoms with Gasteiger partial charge in [0.25, 0.3) is 17.3 Å². The predicted octanol–water partition coefficient (Wildman–Crippen LogP) is 3.81. The average molecular weight is 375 g/mol. The monoisotopic (exact) mass is 375 g/mol. The topological polar surface area (TPSA) is 107 Å². The molecule has 0 aromatic heterocycles. The Labute approximate surface area is 154 Å². The van der Waals surface area contributed by atoms with Crippen molar-refractivity contribution in [1.82, 2.24) is 4.90 Å². The van der Waals surface area contributed by atoms with Gasteiger partial charge in [-0.25, -0.2) is 0 Å². The lowest BCUT2D eigenvalue weighted by Crippen LogP contribution is -2.27. The Morgan fingerprint density at radius 1 is 1.12 bits per heavy atom. The number of benzene rings is 2. The number of carbonyl (C=O) groups is 1. The van der Waals surface area contributed by atoms with Crippen LogP contribution in [0, 0.1) is 27.2 Å². The van der Waals surface area contributed by atoms with Crippen LogP contribution in [-0.2, 0) is 6.54 Å². The van der Waals surface area contributed by atoms with Crippen molar-refractivity contribution in [3.8, 4) is 0 Å². The number of thioether (sulfide) groups is 1. The smallest absolute Gasteiger partial charge is 0.279 e. The van der Waals surface area contributed by atoms with Gasteiger partial charge in [0.2, 0.25) is 0 Å². The van der Waals surface area contributed by atoms with Crippen LogP contribution in [0.4, 0.5) is 11.4 Å². The number of rotatable bonds is 6. The van der Waals surface area contributed by atoms with Crippen molar-refractivity contribution in [1.29, 1.82) is 0 Å². The van der Waals surface area contributed by atoms with Crippen molar-refractivity contribution < 1.29 is 14.6 Å². The van der Waals surface area contributed by atoms with Crippen molar-refractivity contribution in [3.05, 3.63) is 73.3 Å². The second-order valence-electron chi connectivity index (χ2n) is 5.66.